The lowest BCUT2D eigenvalue weighted by molar-refractivity contribution is -0.130. The van der Waals surface area contributed by atoms with Crippen LogP contribution in [0.4, 0.5) is 10.2 Å². The van der Waals surface area contributed by atoms with Gasteiger partial charge in [-0.05, 0) is 38.8 Å². The standard InChI is InChI=1S/C24H30FN5O2/c1-16-19-10-11-21(31)30(14-17-7-4-5-9-20(17)25)24(19)27-23(26-16)18-8-6-12-29(13-18)15-22(32)28(2)3/h4-5,7,9,18H,6,8,10-15H2,1-3H3/t18-/m0/s1. The molecule has 2 amide bonds. The van der Waals surface area contributed by atoms with Gasteiger partial charge in [0.25, 0.3) is 0 Å². The van der Waals surface area contributed by atoms with Crippen molar-refractivity contribution in [3.63, 3.8) is 0 Å². The van der Waals surface area contributed by atoms with Gasteiger partial charge in [-0.3, -0.25) is 19.4 Å². The number of aryl methyl sites for hydroxylation is 1. The zero-order chi connectivity index (χ0) is 22.8. The smallest absolute Gasteiger partial charge is 0.236 e. The number of hydrogen-bond acceptors (Lipinski definition) is 5. The summed E-state index contributed by atoms with van der Waals surface area (Å²) in [4.78, 5) is 40.0. The molecule has 1 aromatic carbocycles. The Hall–Kier alpha value is -2.87. The van der Waals surface area contributed by atoms with Gasteiger partial charge in [-0.25, -0.2) is 14.4 Å². The number of benzene rings is 1. The van der Waals surface area contributed by atoms with Crippen LogP contribution in [0.2, 0.25) is 0 Å². The van der Waals surface area contributed by atoms with E-state index in [0.717, 1.165) is 30.6 Å². The summed E-state index contributed by atoms with van der Waals surface area (Å²) in [6.45, 7) is 4.07. The van der Waals surface area contributed by atoms with Crippen molar-refractivity contribution < 1.29 is 14.0 Å². The van der Waals surface area contributed by atoms with Crippen LogP contribution >= 0.6 is 0 Å². The molecule has 0 radical (unpaired) electrons. The Morgan fingerprint density at radius 3 is 2.75 bits per heavy atom. The molecule has 0 spiro atoms. The monoisotopic (exact) mass is 439 g/mol. The van der Waals surface area contributed by atoms with Gasteiger partial charge in [-0.1, -0.05) is 18.2 Å². The number of carbonyl (C=O) groups excluding carboxylic acids is 2. The van der Waals surface area contributed by atoms with E-state index < -0.39 is 0 Å². The van der Waals surface area contributed by atoms with E-state index in [1.165, 1.54) is 6.07 Å². The molecule has 4 rings (SSSR count). The second kappa shape index (κ2) is 9.32. The van der Waals surface area contributed by atoms with Crippen molar-refractivity contribution in [2.75, 3.05) is 38.6 Å². The predicted molar refractivity (Wildman–Crippen MR) is 120 cm³/mol. The number of likely N-dealkylation sites (tertiary alicyclic amines) is 1. The summed E-state index contributed by atoms with van der Waals surface area (Å²) in [6.07, 6.45) is 2.87. The molecular formula is C24H30FN5O2. The molecule has 1 aromatic heterocycles. The molecule has 1 saturated heterocycles. The Kier molecular flexibility index (Phi) is 6.50. The molecule has 7 nitrogen and oxygen atoms in total. The molecule has 8 heteroatoms. The average Bonchev–Trinajstić information content (AvgIpc) is 2.77. The fraction of sp³-hybridized carbons (Fsp3) is 0.500. The fourth-order valence-electron chi connectivity index (χ4n) is 4.49. The first kappa shape index (κ1) is 22.3. The number of halogens is 1. The highest BCUT2D eigenvalue weighted by atomic mass is 19.1. The molecule has 2 aromatic rings. The van der Waals surface area contributed by atoms with Gasteiger partial charge in [0.1, 0.15) is 17.5 Å². The van der Waals surface area contributed by atoms with E-state index in [9.17, 15) is 14.0 Å². The van der Waals surface area contributed by atoms with Gasteiger partial charge in [0.2, 0.25) is 11.8 Å². The van der Waals surface area contributed by atoms with Crippen molar-refractivity contribution in [1.29, 1.82) is 0 Å². The summed E-state index contributed by atoms with van der Waals surface area (Å²) >= 11 is 0. The van der Waals surface area contributed by atoms with Crippen LogP contribution in [0, 0.1) is 12.7 Å². The van der Waals surface area contributed by atoms with Crippen LogP contribution < -0.4 is 4.90 Å². The fourth-order valence-corrected chi connectivity index (χ4v) is 4.49. The lowest BCUT2D eigenvalue weighted by Crippen LogP contribution is -2.42. The first-order valence-corrected chi connectivity index (χ1v) is 11.2. The van der Waals surface area contributed by atoms with Crippen LogP contribution in [0.25, 0.3) is 0 Å². The molecule has 0 bridgehead atoms. The molecule has 0 aliphatic carbocycles. The van der Waals surface area contributed by atoms with E-state index in [0.29, 0.717) is 43.1 Å². The molecule has 170 valence electrons. The summed E-state index contributed by atoms with van der Waals surface area (Å²) in [6, 6.07) is 6.53. The predicted octanol–water partition coefficient (Wildman–Crippen LogP) is 2.67. The number of hydrogen-bond donors (Lipinski definition) is 0. The summed E-state index contributed by atoms with van der Waals surface area (Å²) < 4.78 is 14.3. The third kappa shape index (κ3) is 4.65. The minimum atomic E-state index is -0.327. The molecule has 0 saturated carbocycles. The zero-order valence-corrected chi connectivity index (χ0v) is 19.0. The minimum Gasteiger partial charge on any atom is -0.348 e. The summed E-state index contributed by atoms with van der Waals surface area (Å²) in [5.41, 5.74) is 2.30. The van der Waals surface area contributed by atoms with Crippen molar-refractivity contribution in [3.8, 4) is 0 Å². The van der Waals surface area contributed by atoms with E-state index in [4.69, 9.17) is 9.97 Å². The maximum atomic E-state index is 14.3. The van der Waals surface area contributed by atoms with Crippen LogP contribution in [0.15, 0.2) is 24.3 Å². The Labute approximate surface area is 188 Å². The normalized spacial score (nSPS) is 19.1. The molecule has 1 fully saturated rings. The Bertz CT molecular complexity index is 1030. The summed E-state index contributed by atoms with van der Waals surface area (Å²) in [5.74, 6) is 1.11. The number of likely N-dealkylation sites (N-methyl/N-ethyl adjacent to an activating group) is 1. The number of nitrogens with zero attached hydrogens (tertiary/aromatic N) is 5. The van der Waals surface area contributed by atoms with Crippen LogP contribution in [0.5, 0.6) is 0 Å². The SMILES string of the molecule is Cc1nc([C@H]2CCCN(CC(=O)N(C)C)C2)nc2c1CCC(=O)N2Cc1ccccc1F. The third-order valence-corrected chi connectivity index (χ3v) is 6.37. The first-order chi connectivity index (χ1) is 15.3. The van der Waals surface area contributed by atoms with E-state index in [1.54, 1.807) is 42.1 Å². The molecule has 0 unspecified atom stereocenters. The number of piperidine rings is 1. The molecule has 2 aliphatic heterocycles. The quantitative estimate of drug-likeness (QED) is 0.717. The van der Waals surface area contributed by atoms with Crippen molar-refractivity contribution >= 4 is 17.6 Å². The van der Waals surface area contributed by atoms with Crippen LogP contribution in [0.3, 0.4) is 0 Å². The second-order valence-electron chi connectivity index (χ2n) is 8.90. The van der Waals surface area contributed by atoms with Crippen LogP contribution in [-0.2, 0) is 22.6 Å². The zero-order valence-electron chi connectivity index (χ0n) is 19.0. The number of fused-ring (bicyclic) bond motifs is 1. The van der Waals surface area contributed by atoms with Crippen molar-refractivity contribution in [3.05, 3.63) is 52.7 Å². The molecule has 2 aliphatic rings. The first-order valence-electron chi connectivity index (χ1n) is 11.2. The Morgan fingerprint density at radius 1 is 1.22 bits per heavy atom. The number of anilines is 1. The molecule has 0 N–H and O–H groups in total. The summed E-state index contributed by atoms with van der Waals surface area (Å²) in [7, 11) is 3.53. The highest BCUT2D eigenvalue weighted by Gasteiger charge is 2.31. The number of carbonyl (C=O) groups is 2. The molecule has 32 heavy (non-hydrogen) atoms. The number of amides is 2. The van der Waals surface area contributed by atoms with Crippen molar-refractivity contribution in [2.45, 2.75) is 45.1 Å². The maximum Gasteiger partial charge on any atom is 0.236 e. The van der Waals surface area contributed by atoms with Gasteiger partial charge in [0.05, 0.1) is 13.1 Å². The second-order valence-corrected chi connectivity index (χ2v) is 8.90. The van der Waals surface area contributed by atoms with Gasteiger partial charge >= 0.3 is 0 Å². The topological polar surface area (TPSA) is 69.6 Å². The third-order valence-electron chi connectivity index (χ3n) is 6.37. The molecule has 1 atom stereocenters. The Morgan fingerprint density at radius 2 is 2.00 bits per heavy atom. The maximum absolute atomic E-state index is 14.3. The van der Waals surface area contributed by atoms with E-state index >= 15 is 0 Å². The van der Waals surface area contributed by atoms with Gasteiger partial charge in [0.15, 0.2) is 0 Å². The van der Waals surface area contributed by atoms with Gasteiger partial charge in [-0.15, -0.1) is 0 Å². The molecular weight excluding hydrogens is 409 g/mol. The van der Waals surface area contributed by atoms with Gasteiger partial charge < -0.3 is 4.90 Å². The Balaban J connectivity index is 1.61. The van der Waals surface area contributed by atoms with Crippen molar-refractivity contribution in [1.82, 2.24) is 19.8 Å². The lowest BCUT2D eigenvalue weighted by atomic mass is 9.95. The minimum absolute atomic E-state index is 0.0494. The van der Waals surface area contributed by atoms with E-state index in [-0.39, 0.29) is 30.1 Å². The van der Waals surface area contributed by atoms with Crippen LogP contribution in [0.1, 0.15) is 47.8 Å². The highest BCUT2D eigenvalue weighted by Crippen LogP contribution is 2.33. The van der Waals surface area contributed by atoms with Crippen molar-refractivity contribution in [2.24, 2.45) is 0 Å². The van der Waals surface area contributed by atoms with E-state index in [1.807, 2.05) is 6.92 Å². The van der Waals surface area contributed by atoms with Gasteiger partial charge in [0, 0.05) is 49.8 Å². The van der Waals surface area contributed by atoms with E-state index in [2.05, 4.69) is 4.90 Å². The van der Waals surface area contributed by atoms with Gasteiger partial charge in [-0.2, -0.15) is 0 Å². The average molecular weight is 440 g/mol. The number of rotatable bonds is 5. The largest absolute Gasteiger partial charge is 0.348 e. The number of aromatic nitrogens is 2. The molecule has 3 heterocycles. The lowest BCUT2D eigenvalue weighted by Gasteiger charge is -2.34. The summed E-state index contributed by atoms with van der Waals surface area (Å²) in [5, 5.41) is 0. The van der Waals surface area contributed by atoms with Crippen LogP contribution in [-0.4, -0.2) is 65.3 Å². The highest BCUT2D eigenvalue weighted by molar-refractivity contribution is 5.95.